The predicted molar refractivity (Wildman–Crippen MR) is 122 cm³/mol. The van der Waals surface area contributed by atoms with Gasteiger partial charge in [0.05, 0.1) is 24.2 Å². The van der Waals surface area contributed by atoms with E-state index in [0.29, 0.717) is 11.5 Å². The van der Waals surface area contributed by atoms with Crippen molar-refractivity contribution in [2.45, 2.75) is 39.7 Å². The van der Waals surface area contributed by atoms with Gasteiger partial charge in [-0.05, 0) is 49.6 Å². The van der Waals surface area contributed by atoms with Crippen LogP contribution in [0.4, 0.5) is 5.69 Å². The summed E-state index contributed by atoms with van der Waals surface area (Å²) in [6.45, 7) is 6.42. The van der Waals surface area contributed by atoms with Gasteiger partial charge < -0.3 is 20.2 Å². The smallest absolute Gasteiger partial charge is 0.305 e. The first kappa shape index (κ1) is 23.1. The number of aliphatic carboxylic acids is 1. The standard InChI is InChI=1S/C24H30N4O4/c1-15(2)11-21(20-12-22(32-16(20)3)18-13-26-28(4)14-18)27-19-7-5-17(6-8-19)24(31)25-10-9-23(29)30/h5-8,12-15,21,27H,9-11H2,1-4H3,(H,25,31)(H,29,30). The van der Waals surface area contributed by atoms with E-state index in [9.17, 15) is 9.59 Å². The molecule has 0 aliphatic rings. The van der Waals surface area contributed by atoms with Crippen molar-refractivity contribution in [1.29, 1.82) is 0 Å². The molecule has 0 spiro atoms. The molecule has 0 aliphatic heterocycles. The Balaban J connectivity index is 1.74. The Bertz CT molecular complexity index is 1070. The largest absolute Gasteiger partial charge is 0.481 e. The molecule has 0 aliphatic carbocycles. The van der Waals surface area contributed by atoms with Crippen molar-refractivity contribution in [2.24, 2.45) is 13.0 Å². The predicted octanol–water partition coefficient (Wildman–Crippen LogP) is 4.39. The van der Waals surface area contributed by atoms with Gasteiger partial charge >= 0.3 is 5.97 Å². The van der Waals surface area contributed by atoms with Crippen LogP contribution in [0.15, 0.2) is 47.1 Å². The highest BCUT2D eigenvalue weighted by Crippen LogP contribution is 2.33. The quantitative estimate of drug-likeness (QED) is 0.433. The molecule has 8 heteroatoms. The third kappa shape index (κ3) is 6.00. The van der Waals surface area contributed by atoms with Gasteiger partial charge in [-0.1, -0.05) is 13.8 Å². The van der Waals surface area contributed by atoms with E-state index in [-0.39, 0.29) is 24.9 Å². The number of aryl methyl sites for hydroxylation is 2. The summed E-state index contributed by atoms with van der Waals surface area (Å²) in [4.78, 5) is 22.8. The lowest BCUT2D eigenvalue weighted by molar-refractivity contribution is -0.136. The third-order valence-electron chi connectivity index (χ3n) is 5.14. The van der Waals surface area contributed by atoms with E-state index in [1.54, 1.807) is 23.0 Å². The molecule has 3 aromatic rings. The molecule has 1 amide bonds. The molecule has 2 aromatic heterocycles. The fourth-order valence-corrected chi connectivity index (χ4v) is 3.57. The monoisotopic (exact) mass is 438 g/mol. The van der Waals surface area contributed by atoms with E-state index in [0.717, 1.165) is 34.8 Å². The van der Waals surface area contributed by atoms with Crippen molar-refractivity contribution >= 4 is 17.6 Å². The van der Waals surface area contributed by atoms with E-state index in [4.69, 9.17) is 9.52 Å². The Labute approximate surface area is 187 Å². The molecule has 3 N–H and O–H groups in total. The summed E-state index contributed by atoms with van der Waals surface area (Å²) in [5.74, 6) is 0.875. The second kappa shape index (κ2) is 10.2. The van der Waals surface area contributed by atoms with Crippen molar-refractivity contribution in [3.05, 3.63) is 59.6 Å². The van der Waals surface area contributed by atoms with Crippen LogP contribution in [0, 0.1) is 12.8 Å². The fraction of sp³-hybridized carbons (Fsp3) is 0.375. The summed E-state index contributed by atoms with van der Waals surface area (Å²) in [7, 11) is 1.87. The van der Waals surface area contributed by atoms with Crippen LogP contribution in [0.3, 0.4) is 0 Å². The number of hydrogen-bond acceptors (Lipinski definition) is 5. The number of rotatable bonds is 10. The summed E-state index contributed by atoms with van der Waals surface area (Å²) in [6, 6.07) is 9.28. The van der Waals surface area contributed by atoms with E-state index in [2.05, 4.69) is 35.6 Å². The lowest BCUT2D eigenvalue weighted by Gasteiger charge is -2.21. The van der Waals surface area contributed by atoms with Crippen LogP contribution in [0.1, 0.15) is 54.4 Å². The van der Waals surface area contributed by atoms with Gasteiger partial charge in [-0.25, -0.2) is 0 Å². The minimum atomic E-state index is -0.942. The molecular weight excluding hydrogens is 408 g/mol. The third-order valence-corrected chi connectivity index (χ3v) is 5.14. The average molecular weight is 439 g/mol. The normalized spacial score (nSPS) is 12.0. The molecule has 170 valence electrons. The number of hydrogen-bond donors (Lipinski definition) is 3. The summed E-state index contributed by atoms with van der Waals surface area (Å²) in [6.07, 6.45) is 4.51. The number of anilines is 1. The lowest BCUT2D eigenvalue weighted by Crippen LogP contribution is -2.25. The molecule has 0 saturated carbocycles. The highest BCUT2D eigenvalue weighted by atomic mass is 16.4. The maximum atomic E-state index is 12.2. The highest BCUT2D eigenvalue weighted by molar-refractivity contribution is 5.94. The number of furan rings is 1. The second-order valence-electron chi connectivity index (χ2n) is 8.33. The molecule has 8 nitrogen and oxygen atoms in total. The first-order chi connectivity index (χ1) is 15.2. The summed E-state index contributed by atoms with van der Waals surface area (Å²) in [5.41, 5.74) is 3.40. The van der Waals surface area contributed by atoms with Crippen LogP contribution in [-0.2, 0) is 11.8 Å². The van der Waals surface area contributed by atoms with Crippen molar-refractivity contribution in [3.63, 3.8) is 0 Å². The molecule has 0 radical (unpaired) electrons. The number of carboxylic acids is 1. The lowest BCUT2D eigenvalue weighted by atomic mass is 9.96. The van der Waals surface area contributed by atoms with Crippen LogP contribution < -0.4 is 10.6 Å². The number of nitrogens with one attached hydrogen (secondary N) is 2. The maximum Gasteiger partial charge on any atom is 0.305 e. The van der Waals surface area contributed by atoms with Crippen LogP contribution in [-0.4, -0.2) is 33.3 Å². The Morgan fingerprint density at radius 1 is 1.22 bits per heavy atom. The van der Waals surface area contributed by atoms with E-state index in [1.807, 2.05) is 32.3 Å². The highest BCUT2D eigenvalue weighted by Gasteiger charge is 2.21. The topological polar surface area (TPSA) is 109 Å². The van der Waals surface area contributed by atoms with Crippen LogP contribution >= 0.6 is 0 Å². The van der Waals surface area contributed by atoms with Gasteiger partial charge in [0.15, 0.2) is 0 Å². The molecule has 32 heavy (non-hydrogen) atoms. The fourth-order valence-electron chi connectivity index (χ4n) is 3.57. The number of benzene rings is 1. The van der Waals surface area contributed by atoms with E-state index < -0.39 is 5.97 Å². The van der Waals surface area contributed by atoms with Crippen LogP contribution in [0.25, 0.3) is 11.3 Å². The van der Waals surface area contributed by atoms with Crippen LogP contribution in [0.5, 0.6) is 0 Å². The van der Waals surface area contributed by atoms with E-state index in [1.165, 1.54) is 0 Å². The Kier molecular flexibility index (Phi) is 7.35. The van der Waals surface area contributed by atoms with Gasteiger partial charge in [-0.15, -0.1) is 0 Å². The first-order valence-electron chi connectivity index (χ1n) is 10.7. The number of carboxylic acid groups (broad SMARTS) is 1. The second-order valence-corrected chi connectivity index (χ2v) is 8.33. The molecule has 0 fully saturated rings. The molecule has 1 aromatic carbocycles. The van der Waals surface area contributed by atoms with Gasteiger partial charge in [0, 0.05) is 36.6 Å². The van der Waals surface area contributed by atoms with Gasteiger partial charge in [0.25, 0.3) is 5.91 Å². The number of aromatic nitrogens is 2. The van der Waals surface area contributed by atoms with Gasteiger partial charge in [-0.2, -0.15) is 5.10 Å². The molecule has 2 heterocycles. The van der Waals surface area contributed by atoms with Crippen molar-refractivity contribution in [2.75, 3.05) is 11.9 Å². The van der Waals surface area contributed by atoms with Gasteiger partial charge in [-0.3, -0.25) is 14.3 Å². The first-order valence-corrected chi connectivity index (χ1v) is 10.7. The number of carbonyl (C=O) groups is 2. The zero-order chi connectivity index (χ0) is 23.3. The number of nitrogens with zero attached hydrogens (tertiary/aromatic N) is 2. The zero-order valence-electron chi connectivity index (χ0n) is 18.9. The molecule has 1 atom stereocenters. The SMILES string of the molecule is Cc1oc(-c2cnn(C)c2)cc1C(CC(C)C)Nc1ccc(C(=O)NCCC(=O)O)cc1. The molecule has 3 rings (SSSR count). The average Bonchev–Trinajstić information content (AvgIpc) is 3.33. The Morgan fingerprint density at radius 2 is 1.94 bits per heavy atom. The summed E-state index contributed by atoms with van der Waals surface area (Å²) in [5, 5.41) is 19.1. The minimum Gasteiger partial charge on any atom is -0.481 e. The summed E-state index contributed by atoms with van der Waals surface area (Å²) >= 11 is 0. The molecular formula is C24H30N4O4. The molecule has 0 saturated heterocycles. The Hall–Kier alpha value is -3.55. The van der Waals surface area contributed by atoms with Crippen LogP contribution in [0.2, 0.25) is 0 Å². The van der Waals surface area contributed by atoms with Crippen molar-refractivity contribution in [1.82, 2.24) is 15.1 Å². The zero-order valence-corrected chi connectivity index (χ0v) is 18.9. The Morgan fingerprint density at radius 3 is 2.53 bits per heavy atom. The van der Waals surface area contributed by atoms with Crippen molar-refractivity contribution < 1.29 is 19.1 Å². The van der Waals surface area contributed by atoms with E-state index >= 15 is 0 Å². The number of carbonyl (C=O) groups excluding carboxylic acids is 1. The van der Waals surface area contributed by atoms with Crippen molar-refractivity contribution in [3.8, 4) is 11.3 Å². The summed E-state index contributed by atoms with van der Waals surface area (Å²) < 4.78 is 7.78. The maximum absolute atomic E-state index is 12.2. The number of amides is 1. The van der Waals surface area contributed by atoms with Gasteiger partial charge in [0.2, 0.25) is 0 Å². The molecule has 0 bridgehead atoms. The minimum absolute atomic E-state index is 0.0411. The molecule has 1 unspecified atom stereocenters. The van der Waals surface area contributed by atoms with Gasteiger partial charge in [0.1, 0.15) is 11.5 Å².